The van der Waals surface area contributed by atoms with E-state index in [-0.39, 0.29) is 50.8 Å². The van der Waals surface area contributed by atoms with Gasteiger partial charge in [-0.2, -0.15) is 0 Å². The number of aliphatic hydroxyl groups is 2. The van der Waals surface area contributed by atoms with Crippen molar-refractivity contribution in [1.82, 2.24) is 28.3 Å². The molecular formula is C89H171N5O27P2. The van der Waals surface area contributed by atoms with Crippen molar-refractivity contribution < 1.29 is 129 Å². The maximum atomic E-state index is 15.3. The van der Waals surface area contributed by atoms with Crippen molar-refractivity contribution in [2.24, 2.45) is 0 Å². The number of ether oxygens (including phenoxy) is 8. The number of quaternary nitrogens is 2. The molecule has 0 aromatic carbocycles. The number of phosphoric acid groups is 2. The van der Waals surface area contributed by atoms with Crippen molar-refractivity contribution in [2.45, 2.75) is 500 Å². The predicted octanol–water partition coefficient (Wildman–Crippen LogP) is 16.1. The van der Waals surface area contributed by atoms with Crippen molar-refractivity contribution in [1.29, 1.82) is 0 Å². The van der Waals surface area contributed by atoms with Gasteiger partial charge in [-0.3, -0.25) is 42.7 Å². The van der Waals surface area contributed by atoms with Gasteiger partial charge in [0, 0.05) is 26.2 Å². The first-order valence-electron chi connectivity index (χ1n) is 47.3. The van der Waals surface area contributed by atoms with Crippen LogP contribution in [0.25, 0.3) is 0 Å². The van der Waals surface area contributed by atoms with Gasteiger partial charge in [-0.15, -0.1) is 0 Å². The number of aliphatic hydroxyl groups excluding tert-OH is 2. The van der Waals surface area contributed by atoms with Crippen molar-refractivity contribution >= 4 is 63.2 Å². The SMILES string of the molecule is CCCCCCCCCCC[C@H](CC(=O)N[C@H]1[C@H](OC[C@H](NC(=O)C[C@@H](CCCCCCCCCCC)OC(=O)CCCCCCCCC)C(=O)[O-])O[C@H](CO[C@@H]2O[C@H](COP(=O)([O-])O)[C@@H](O)[C@H](O)[C@H]2NC(C)=O)[C@@H](OP(=O)(O)O)[C@@H]1OC(=O)C[C@@H](CCCCCCCCCCC)OC(=O)CCCCCCCCC)OC(=O)CCCCCCCCC.[NH4+].[NH4+]. The molecule has 724 valence electrons. The summed E-state index contributed by atoms with van der Waals surface area (Å²) in [6.45, 7) is 10.5. The van der Waals surface area contributed by atoms with Gasteiger partial charge in [0.05, 0.1) is 51.1 Å². The Kier molecular flexibility index (Phi) is 71.8. The second kappa shape index (κ2) is 74.4. The van der Waals surface area contributed by atoms with E-state index in [0.29, 0.717) is 44.9 Å². The number of unbranched alkanes of at least 4 members (excludes halogenated alkanes) is 42. The number of carboxylic acids is 1. The molecule has 3 amide bonds. The lowest BCUT2D eigenvalue weighted by Crippen LogP contribution is -2.68. The van der Waals surface area contributed by atoms with Crippen LogP contribution in [-0.2, 0) is 94.4 Å². The Bertz CT molecular complexity index is 2830. The summed E-state index contributed by atoms with van der Waals surface area (Å²) in [5, 5.41) is 43.7. The Balaban J connectivity index is 0.0000744. The number of hydrogen-bond donors (Lipinski definition) is 10. The Morgan fingerprint density at radius 3 is 1.08 bits per heavy atom. The molecule has 2 aliphatic rings. The third kappa shape index (κ3) is 61.0. The molecule has 0 aromatic heterocycles. The lowest BCUT2D eigenvalue weighted by molar-refractivity contribution is -0.315. The Labute approximate surface area is 737 Å². The van der Waals surface area contributed by atoms with Crippen LogP contribution in [0.4, 0.5) is 0 Å². The highest BCUT2D eigenvalue weighted by Gasteiger charge is 2.54. The third-order valence-electron chi connectivity index (χ3n) is 22.4. The molecule has 0 radical (unpaired) electrons. The number of hydrogen-bond acceptors (Lipinski definition) is 24. The lowest BCUT2D eigenvalue weighted by atomic mass is 9.95. The fourth-order valence-corrected chi connectivity index (χ4v) is 16.4. The highest BCUT2D eigenvalue weighted by molar-refractivity contribution is 7.46. The van der Waals surface area contributed by atoms with Crippen LogP contribution in [0.15, 0.2) is 0 Å². The highest BCUT2D eigenvalue weighted by Crippen LogP contribution is 2.43. The van der Waals surface area contributed by atoms with Gasteiger partial charge < -0.3 is 110 Å². The van der Waals surface area contributed by atoms with Crippen LogP contribution < -0.4 is 38.3 Å². The molecule has 2 rings (SSSR count). The van der Waals surface area contributed by atoms with Gasteiger partial charge in [0.1, 0.15) is 60.9 Å². The van der Waals surface area contributed by atoms with E-state index < -0.39 is 188 Å². The van der Waals surface area contributed by atoms with Crippen LogP contribution >= 0.6 is 15.6 Å². The normalized spacial score (nSPS) is 20.5. The van der Waals surface area contributed by atoms with E-state index >= 15 is 9.59 Å². The van der Waals surface area contributed by atoms with Gasteiger partial charge in [0.2, 0.25) is 17.7 Å². The molecule has 0 saturated carbocycles. The second-order valence-electron chi connectivity index (χ2n) is 33.7. The number of nitrogens with one attached hydrogen (secondary N) is 3. The predicted molar refractivity (Wildman–Crippen MR) is 469 cm³/mol. The summed E-state index contributed by atoms with van der Waals surface area (Å²) in [5.41, 5.74) is 0. The molecule has 2 saturated heterocycles. The highest BCUT2D eigenvalue weighted by atomic mass is 31.2. The molecular weight excluding hydrogens is 1630 g/mol. The Morgan fingerprint density at radius 1 is 0.398 bits per heavy atom. The summed E-state index contributed by atoms with van der Waals surface area (Å²) in [7, 11) is -11.4. The van der Waals surface area contributed by atoms with Gasteiger partial charge in [0.15, 0.2) is 18.7 Å². The Morgan fingerprint density at radius 2 is 0.732 bits per heavy atom. The standard InChI is InChI=1S/C89H165N3O27P2.2H3N/c1-8-14-20-26-32-35-41-44-50-56-69(113-77(96)59-53-47-38-29-23-17-11-4)62-75(94)91-72(87(102)103)65-110-89-82(92-76(95)63-70(57-51-45-42-36-33-27-21-15-9-2)114-78(97)60-54-48-39-30-24-18-12-5)86(118-80(99)64-71(58-52-46-43-37-34-28-22-16-10-3)115-79(98)61-55-49-40-31-25-19-13-6)85(119-121(107,108)109)74(117-89)66-111-88-81(90-68(7)93)84(101)83(100)73(116-88)67-112-120(104,105)106;;/h69-74,81-86,88-89,100-101H,8-67H2,1-7H3,(H,90,93)(H,91,94)(H,92,95)(H,102,103)(H2,104,105,106)(H2,107,108,109);2*1H3/t69-,70-,71-,72+,73-,74-,81-,82-,83-,84-,85-,86-,88-,89-;;/m1../s1. The van der Waals surface area contributed by atoms with Crippen LogP contribution in [0.2, 0.25) is 0 Å². The van der Waals surface area contributed by atoms with E-state index in [2.05, 4.69) is 62.0 Å². The molecule has 16 N–H and O–H groups in total. The molecule has 2 fully saturated rings. The molecule has 2 heterocycles. The zero-order valence-corrected chi connectivity index (χ0v) is 78.9. The van der Waals surface area contributed by atoms with Crippen molar-refractivity contribution in [2.75, 3.05) is 19.8 Å². The number of carbonyl (C=O) groups is 8. The second-order valence-corrected chi connectivity index (χ2v) is 36.1. The number of aliphatic carboxylic acids is 1. The summed E-state index contributed by atoms with van der Waals surface area (Å²) >= 11 is 0. The summed E-state index contributed by atoms with van der Waals surface area (Å²) in [6.07, 6.45) is 24.2. The first-order chi connectivity index (χ1) is 58.1. The number of esters is 4. The van der Waals surface area contributed by atoms with E-state index in [1.165, 1.54) is 0 Å². The molecule has 0 bridgehead atoms. The van der Waals surface area contributed by atoms with Crippen molar-refractivity contribution in [3.63, 3.8) is 0 Å². The monoisotopic (exact) mass is 1800 g/mol. The summed E-state index contributed by atoms with van der Waals surface area (Å²) < 4.78 is 84.9. The summed E-state index contributed by atoms with van der Waals surface area (Å²) in [5.74, 6) is -7.46. The molecule has 34 heteroatoms. The fraction of sp³-hybridized carbons (Fsp3) is 0.910. The smallest absolute Gasteiger partial charge is 0.470 e. The first-order valence-corrected chi connectivity index (χ1v) is 50.3. The minimum atomic E-state index is -5.90. The summed E-state index contributed by atoms with van der Waals surface area (Å²) in [6, 6.07) is -5.89. The van der Waals surface area contributed by atoms with Gasteiger partial charge in [-0.05, 0) is 57.8 Å². The van der Waals surface area contributed by atoms with Crippen LogP contribution in [0.5, 0.6) is 0 Å². The molecule has 15 atom stereocenters. The maximum Gasteiger partial charge on any atom is 0.470 e. The number of rotatable bonds is 79. The average molecular weight is 1810 g/mol. The van der Waals surface area contributed by atoms with E-state index in [4.69, 9.17) is 42.4 Å². The van der Waals surface area contributed by atoms with E-state index in [1.807, 2.05) is 0 Å². The zero-order chi connectivity index (χ0) is 89.3. The van der Waals surface area contributed by atoms with Crippen LogP contribution in [0, 0.1) is 0 Å². The molecule has 0 spiro atoms. The van der Waals surface area contributed by atoms with Gasteiger partial charge >= 0.3 is 31.7 Å². The van der Waals surface area contributed by atoms with Gasteiger partial charge in [0.25, 0.3) is 7.82 Å². The topological polar surface area (TPSA) is 519 Å². The molecule has 32 nitrogen and oxygen atoms in total. The first kappa shape index (κ1) is 119. The van der Waals surface area contributed by atoms with Gasteiger partial charge in [-0.1, -0.05) is 311 Å². The third-order valence-corrected chi connectivity index (χ3v) is 23.4. The van der Waals surface area contributed by atoms with Crippen molar-refractivity contribution in [3.05, 3.63) is 0 Å². The van der Waals surface area contributed by atoms with E-state index in [9.17, 15) is 72.8 Å². The van der Waals surface area contributed by atoms with E-state index in [0.717, 1.165) is 270 Å². The summed E-state index contributed by atoms with van der Waals surface area (Å²) in [4.78, 5) is 156. The zero-order valence-electron chi connectivity index (χ0n) is 77.1. The fourth-order valence-electron chi connectivity index (χ4n) is 15.4. The average Bonchev–Trinajstić information content (AvgIpc) is 0.773. The molecule has 0 aromatic rings. The number of phosphoric ester groups is 2. The molecule has 2 aliphatic heterocycles. The van der Waals surface area contributed by atoms with Gasteiger partial charge in [-0.25, -0.2) is 4.57 Å². The number of amides is 3. The molecule has 1 unspecified atom stereocenters. The minimum Gasteiger partial charge on any atom is -0.756 e. The molecule has 0 aliphatic carbocycles. The Hall–Kier alpha value is -4.34. The number of carbonyl (C=O) groups excluding carboxylic acids is 8. The molecule has 123 heavy (non-hydrogen) atoms. The van der Waals surface area contributed by atoms with E-state index in [1.54, 1.807) is 0 Å². The minimum absolute atomic E-state index is 0. The van der Waals surface area contributed by atoms with Crippen molar-refractivity contribution in [3.8, 4) is 0 Å². The number of carboxylic acid groups (broad SMARTS) is 1. The van der Waals surface area contributed by atoms with Crippen LogP contribution in [-0.4, -0.2) is 178 Å². The van der Waals surface area contributed by atoms with Crippen LogP contribution in [0.3, 0.4) is 0 Å². The lowest BCUT2D eigenvalue weighted by Gasteiger charge is -2.47. The van der Waals surface area contributed by atoms with Crippen LogP contribution in [0.1, 0.15) is 414 Å². The largest absolute Gasteiger partial charge is 0.756 e. The maximum absolute atomic E-state index is 15.3. The quantitative estimate of drug-likeness (QED) is 0.0117.